The predicted molar refractivity (Wildman–Crippen MR) is 78.5 cm³/mol. The first-order valence-corrected chi connectivity index (χ1v) is 7.10. The van der Waals surface area contributed by atoms with Crippen LogP contribution in [0.1, 0.15) is 30.1 Å². The van der Waals surface area contributed by atoms with Crippen molar-refractivity contribution in [2.45, 2.75) is 19.8 Å². The van der Waals surface area contributed by atoms with Crippen LogP contribution in [0.4, 0.5) is 0 Å². The van der Waals surface area contributed by atoms with E-state index in [9.17, 15) is 4.79 Å². The fourth-order valence-electron chi connectivity index (χ4n) is 1.64. The number of carbonyl (C=O) groups is 1. The van der Waals surface area contributed by atoms with Gasteiger partial charge in [-0.1, -0.05) is 6.92 Å². The van der Waals surface area contributed by atoms with Crippen LogP contribution in [0.25, 0.3) is 0 Å². The Bertz CT molecular complexity index is 423. The molecule has 0 aromatic heterocycles. The molecule has 0 aliphatic carbocycles. The molecule has 0 saturated carbocycles. The van der Waals surface area contributed by atoms with Gasteiger partial charge in [-0.3, -0.25) is 4.79 Å². The Labute approximate surface area is 122 Å². The van der Waals surface area contributed by atoms with E-state index in [1.165, 1.54) is 0 Å². The van der Waals surface area contributed by atoms with E-state index >= 15 is 0 Å². The van der Waals surface area contributed by atoms with Crippen LogP contribution >= 0.6 is 15.9 Å². The number of nitrogens with one attached hydrogen (secondary N) is 1. The van der Waals surface area contributed by atoms with E-state index < -0.39 is 0 Å². The van der Waals surface area contributed by atoms with E-state index in [1.54, 1.807) is 25.3 Å². The topological polar surface area (TPSA) is 58.6 Å². The number of hydrogen-bond acceptors (Lipinski definition) is 3. The summed E-state index contributed by atoms with van der Waals surface area (Å²) >= 11 is 3.35. The molecular weight excluding hydrogens is 310 g/mol. The highest BCUT2D eigenvalue weighted by Gasteiger charge is 2.11. The number of amides is 1. The van der Waals surface area contributed by atoms with Gasteiger partial charge in [0.2, 0.25) is 0 Å². The third kappa shape index (κ3) is 5.20. The van der Waals surface area contributed by atoms with Gasteiger partial charge in [0.25, 0.3) is 5.91 Å². The average molecular weight is 330 g/mol. The highest BCUT2D eigenvalue weighted by molar-refractivity contribution is 9.10. The van der Waals surface area contributed by atoms with Crippen molar-refractivity contribution in [2.75, 3.05) is 20.3 Å². The van der Waals surface area contributed by atoms with Gasteiger partial charge in [-0.2, -0.15) is 0 Å². The predicted octanol–water partition coefficient (Wildman–Crippen LogP) is 2.60. The van der Waals surface area contributed by atoms with Crippen molar-refractivity contribution in [2.24, 2.45) is 5.92 Å². The van der Waals surface area contributed by atoms with Gasteiger partial charge in [-0.25, -0.2) is 0 Å². The molecule has 1 atom stereocenters. The zero-order chi connectivity index (χ0) is 14.3. The van der Waals surface area contributed by atoms with Gasteiger partial charge in [0, 0.05) is 17.6 Å². The minimum Gasteiger partial charge on any atom is -0.497 e. The molecule has 1 unspecified atom stereocenters. The lowest BCUT2D eigenvalue weighted by Gasteiger charge is -2.10. The number of ether oxygens (including phenoxy) is 1. The first kappa shape index (κ1) is 16.0. The van der Waals surface area contributed by atoms with E-state index in [1.807, 2.05) is 6.92 Å². The summed E-state index contributed by atoms with van der Waals surface area (Å²) in [5.74, 6) is 0.810. The zero-order valence-electron chi connectivity index (χ0n) is 11.3. The maximum atomic E-state index is 12.0. The Balaban J connectivity index is 2.49. The summed E-state index contributed by atoms with van der Waals surface area (Å²) in [6.07, 6.45) is 1.76. The molecule has 1 rings (SSSR count). The molecule has 4 nitrogen and oxygen atoms in total. The summed E-state index contributed by atoms with van der Waals surface area (Å²) in [4.78, 5) is 12.0. The summed E-state index contributed by atoms with van der Waals surface area (Å²) in [6, 6.07) is 5.29. The molecule has 5 heteroatoms. The van der Waals surface area contributed by atoms with Gasteiger partial charge in [-0.05, 0) is 52.9 Å². The number of benzene rings is 1. The van der Waals surface area contributed by atoms with Crippen LogP contribution in [0, 0.1) is 5.92 Å². The fourth-order valence-corrected chi connectivity index (χ4v) is 2.07. The molecule has 2 N–H and O–H groups in total. The molecule has 1 amide bonds. The average Bonchev–Trinajstić information content (AvgIpc) is 2.43. The van der Waals surface area contributed by atoms with Crippen molar-refractivity contribution in [1.82, 2.24) is 5.32 Å². The largest absolute Gasteiger partial charge is 0.497 e. The van der Waals surface area contributed by atoms with Crippen molar-refractivity contribution in [3.8, 4) is 5.75 Å². The number of aliphatic hydroxyl groups excluding tert-OH is 1. The first-order chi connectivity index (χ1) is 9.08. The molecule has 106 valence electrons. The number of rotatable bonds is 7. The van der Waals surface area contributed by atoms with Gasteiger partial charge in [-0.15, -0.1) is 0 Å². The number of hydrogen-bond donors (Lipinski definition) is 2. The Morgan fingerprint density at radius 2 is 2.26 bits per heavy atom. The third-order valence-electron chi connectivity index (χ3n) is 2.89. The summed E-state index contributed by atoms with van der Waals surface area (Å²) in [5.41, 5.74) is 0.564. The van der Waals surface area contributed by atoms with E-state index in [4.69, 9.17) is 9.84 Å². The quantitative estimate of drug-likeness (QED) is 0.756. The van der Waals surface area contributed by atoms with Crippen molar-refractivity contribution in [3.05, 3.63) is 28.2 Å². The molecule has 0 saturated heterocycles. The normalized spacial score (nSPS) is 12.0. The first-order valence-electron chi connectivity index (χ1n) is 6.31. The van der Waals surface area contributed by atoms with Gasteiger partial charge in [0.1, 0.15) is 5.75 Å². The maximum absolute atomic E-state index is 12.0. The van der Waals surface area contributed by atoms with Gasteiger partial charge in [0.15, 0.2) is 0 Å². The molecule has 0 radical (unpaired) electrons. The van der Waals surface area contributed by atoms with E-state index in [0.29, 0.717) is 17.9 Å². The van der Waals surface area contributed by atoms with Crippen LogP contribution in [0.5, 0.6) is 5.75 Å². The van der Waals surface area contributed by atoms with Gasteiger partial charge in [0.05, 0.1) is 12.7 Å². The Morgan fingerprint density at radius 1 is 1.53 bits per heavy atom. The summed E-state index contributed by atoms with van der Waals surface area (Å²) in [5, 5.41) is 11.8. The summed E-state index contributed by atoms with van der Waals surface area (Å²) in [6.45, 7) is 2.78. The smallest absolute Gasteiger partial charge is 0.252 e. The summed E-state index contributed by atoms with van der Waals surface area (Å²) in [7, 11) is 1.57. The second-order valence-electron chi connectivity index (χ2n) is 4.53. The number of aliphatic hydroxyl groups is 1. The fraction of sp³-hybridized carbons (Fsp3) is 0.500. The molecule has 0 bridgehead atoms. The maximum Gasteiger partial charge on any atom is 0.252 e. The standard InChI is InChI=1S/C14H20BrNO3/c1-10(9-17)4-3-7-16-14(18)12-8-11(19-2)5-6-13(12)15/h5-6,8,10,17H,3-4,7,9H2,1-2H3,(H,16,18). The lowest BCUT2D eigenvalue weighted by molar-refractivity contribution is 0.0951. The zero-order valence-corrected chi connectivity index (χ0v) is 12.9. The molecule has 1 aromatic rings. The molecule has 0 spiro atoms. The minimum absolute atomic E-state index is 0.123. The van der Waals surface area contributed by atoms with Crippen molar-refractivity contribution >= 4 is 21.8 Å². The monoisotopic (exact) mass is 329 g/mol. The van der Waals surface area contributed by atoms with Crippen molar-refractivity contribution in [1.29, 1.82) is 0 Å². The van der Waals surface area contributed by atoms with Crippen LogP contribution in [0.15, 0.2) is 22.7 Å². The van der Waals surface area contributed by atoms with Crippen LogP contribution in [-0.4, -0.2) is 31.3 Å². The van der Waals surface area contributed by atoms with Crippen molar-refractivity contribution < 1.29 is 14.6 Å². The molecule has 0 heterocycles. The van der Waals surface area contributed by atoms with E-state index in [2.05, 4.69) is 21.2 Å². The highest BCUT2D eigenvalue weighted by atomic mass is 79.9. The Kier molecular flexibility index (Phi) is 6.87. The SMILES string of the molecule is COc1ccc(Br)c(C(=O)NCCCC(C)CO)c1. The molecular formula is C14H20BrNO3. The van der Waals surface area contributed by atoms with E-state index in [0.717, 1.165) is 17.3 Å². The third-order valence-corrected chi connectivity index (χ3v) is 3.58. The highest BCUT2D eigenvalue weighted by Crippen LogP contribution is 2.22. The number of methoxy groups -OCH3 is 1. The second-order valence-corrected chi connectivity index (χ2v) is 5.39. The number of halogens is 1. The van der Waals surface area contributed by atoms with Crippen LogP contribution < -0.4 is 10.1 Å². The molecule has 19 heavy (non-hydrogen) atoms. The van der Waals surface area contributed by atoms with Gasteiger partial charge < -0.3 is 15.2 Å². The second kappa shape index (κ2) is 8.17. The van der Waals surface area contributed by atoms with E-state index in [-0.39, 0.29) is 18.4 Å². The Morgan fingerprint density at radius 3 is 2.89 bits per heavy atom. The Hall–Kier alpha value is -1.07. The molecule has 0 fully saturated rings. The van der Waals surface area contributed by atoms with Gasteiger partial charge >= 0.3 is 0 Å². The van der Waals surface area contributed by atoms with Crippen LogP contribution in [0.3, 0.4) is 0 Å². The molecule has 0 aliphatic rings. The lowest BCUT2D eigenvalue weighted by Crippen LogP contribution is -2.25. The minimum atomic E-state index is -0.123. The van der Waals surface area contributed by atoms with Crippen molar-refractivity contribution in [3.63, 3.8) is 0 Å². The van der Waals surface area contributed by atoms with Crippen LogP contribution in [0.2, 0.25) is 0 Å². The molecule has 0 aliphatic heterocycles. The number of carbonyl (C=O) groups excluding carboxylic acids is 1. The lowest BCUT2D eigenvalue weighted by atomic mass is 10.1. The molecule has 1 aromatic carbocycles. The van der Waals surface area contributed by atoms with Crippen LogP contribution in [-0.2, 0) is 0 Å². The summed E-state index contributed by atoms with van der Waals surface area (Å²) < 4.78 is 5.85.